The summed E-state index contributed by atoms with van der Waals surface area (Å²) in [5.74, 6) is -0.703. The number of aromatic nitrogens is 3. The molecular weight excluding hydrogens is 248 g/mol. The molecule has 7 nitrogen and oxygen atoms in total. The lowest BCUT2D eigenvalue weighted by molar-refractivity contribution is -0.124. The van der Waals surface area contributed by atoms with E-state index in [1.165, 1.54) is 11.8 Å². The van der Waals surface area contributed by atoms with Crippen LogP contribution in [0.3, 0.4) is 0 Å². The molecule has 0 aliphatic carbocycles. The van der Waals surface area contributed by atoms with Gasteiger partial charge in [-0.1, -0.05) is 12.1 Å². The van der Waals surface area contributed by atoms with E-state index in [0.29, 0.717) is 12.1 Å². The van der Waals surface area contributed by atoms with Gasteiger partial charge in [0.2, 0.25) is 5.91 Å². The van der Waals surface area contributed by atoms with Crippen LogP contribution in [0.2, 0.25) is 0 Å². The summed E-state index contributed by atoms with van der Waals surface area (Å²) >= 11 is 0. The van der Waals surface area contributed by atoms with Crippen molar-refractivity contribution in [2.24, 2.45) is 0 Å². The van der Waals surface area contributed by atoms with Crippen LogP contribution in [-0.4, -0.2) is 40.0 Å². The maximum Gasteiger partial charge on any atom is 0.360 e. The Bertz CT molecular complexity index is 468. The number of hydrogen-bond acceptors (Lipinski definition) is 5. The van der Waals surface area contributed by atoms with Crippen LogP contribution in [0, 0.1) is 0 Å². The molecule has 0 aliphatic rings. The van der Waals surface area contributed by atoms with E-state index in [9.17, 15) is 9.59 Å². The van der Waals surface area contributed by atoms with E-state index in [2.05, 4.69) is 20.4 Å². The summed E-state index contributed by atoms with van der Waals surface area (Å²) in [7, 11) is 1.29. The van der Waals surface area contributed by atoms with Crippen molar-refractivity contribution in [3.05, 3.63) is 11.4 Å². The standard InChI is InChI=1S/C12H20N4O3/c1-6-9-10(12(18)19-5)14-15-16(9)8(4)11(17)13-7(2)3/h7-8H,6H2,1-5H3,(H,13,17). The molecule has 1 rings (SSSR count). The minimum Gasteiger partial charge on any atom is -0.464 e. The molecule has 0 fully saturated rings. The predicted octanol–water partition coefficient (Wildman–Crippen LogP) is 0.713. The van der Waals surface area contributed by atoms with Crippen molar-refractivity contribution in [3.63, 3.8) is 0 Å². The van der Waals surface area contributed by atoms with Crippen molar-refractivity contribution in [2.75, 3.05) is 7.11 Å². The van der Waals surface area contributed by atoms with Gasteiger partial charge >= 0.3 is 5.97 Å². The van der Waals surface area contributed by atoms with Gasteiger partial charge in [0, 0.05) is 6.04 Å². The predicted molar refractivity (Wildman–Crippen MR) is 68.7 cm³/mol. The quantitative estimate of drug-likeness (QED) is 0.795. The topological polar surface area (TPSA) is 86.1 Å². The van der Waals surface area contributed by atoms with E-state index < -0.39 is 12.0 Å². The number of methoxy groups -OCH3 is 1. The molecule has 1 unspecified atom stereocenters. The molecule has 0 saturated heterocycles. The third kappa shape index (κ3) is 3.30. The Kier molecular flexibility index (Phi) is 5.02. The minimum atomic E-state index is -0.542. The number of hydrogen-bond donors (Lipinski definition) is 1. The zero-order valence-electron chi connectivity index (χ0n) is 11.9. The first-order valence-corrected chi connectivity index (χ1v) is 6.25. The number of carbonyl (C=O) groups is 2. The lowest BCUT2D eigenvalue weighted by Gasteiger charge is -2.16. The van der Waals surface area contributed by atoms with Crippen LogP contribution in [-0.2, 0) is 16.0 Å². The third-order valence-corrected chi connectivity index (χ3v) is 2.68. The highest BCUT2D eigenvalue weighted by Crippen LogP contribution is 2.14. The number of nitrogens with zero attached hydrogens (tertiary/aromatic N) is 3. The Morgan fingerprint density at radius 3 is 2.47 bits per heavy atom. The van der Waals surface area contributed by atoms with Crippen LogP contribution in [0.5, 0.6) is 0 Å². The number of carbonyl (C=O) groups excluding carboxylic acids is 2. The fourth-order valence-corrected chi connectivity index (χ4v) is 1.73. The van der Waals surface area contributed by atoms with Crippen molar-refractivity contribution in [1.29, 1.82) is 0 Å². The van der Waals surface area contributed by atoms with E-state index in [4.69, 9.17) is 0 Å². The Morgan fingerprint density at radius 1 is 1.37 bits per heavy atom. The number of amides is 1. The van der Waals surface area contributed by atoms with Crippen molar-refractivity contribution in [1.82, 2.24) is 20.3 Å². The second-order valence-corrected chi connectivity index (χ2v) is 4.51. The smallest absolute Gasteiger partial charge is 0.360 e. The summed E-state index contributed by atoms with van der Waals surface area (Å²) < 4.78 is 6.10. The third-order valence-electron chi connectivity index (χ3n) is 2.68. The molecule has 19 heavy (non-hydrogen) atoms. The van der Waals surface area contributed by atoms with Crippen molar-refractivity contribution < 1.29 is 14.3 Å². The van der Waals surface area contributed by atoms with Crippen LogP contribution in [0.4, 0.5) is 0 Å². The maximum atomic E-state index is 12.0. The summed E-state index contributed by atoms with van der Waals surface area (Å²) in [5.41, 5.74) is 0.757. The summed E-state index contributed by atoms with van der Waals surface area (Å²) in [4.78, 5) is 23.5. The van der Waals surface area contributed by atoms with E-state index in [1.807, 2.05) is 20.8 Å². The lowest BCUT2D eigenvalue weighted by Crippen LogP contribution is -2.36. The SMILES string of the molecule is CCc1c(C(=O)OC)nnn1C(C)C(=O)NC(C)C. The zero-order chi connectivity index (χ0) is 14.6. The molecular formula is C12H20N4O3. The molecule has 0 spiro atoms. The zero-order valence-corrected chi connectivity index (χ0v) is 11.9. The van der Waals surface area contributed by atoms with Gasteiger partial charge < -0.3 is 10.1 Å². The molecule has 7 heteroatoms. The van der Waals surface area contributed by atoms with E-state index >= 15 is 0 Å². The number of nitrogens with one attached hydrogen (secondary N) is 1. The molecule has 1 N–H and O–H groups in total. The molecule has 0 aromatic carbocycles. The van der Waals surface area contributed by atoms with Gasteiger partial charge in [-0.3, -0.25) is 4.79 Å². The minimum absolute atomic E-state index is 0.0450. The van der Waals surface area contributed by atoms with E-state index in [-0.39, 0.29) is 17.6 Å². The highest BCUT2D eigenvalue weighted by atomic mass is 16.5. The normalized spacial score (nSPS) is 12.3. The van der Waals surface area contributed by atoms with Gasteiger partial charge in [0.1, 0.15) is 6.04 Å². The Labute approximate surface area is 112 Å². The molecule has 1 amide bonds. The van der Waals surface area contributed by atoms with Crippen LogP contribution >= 0.6 is 0 Å². The lowest BCUT2D eigenvalue weighted by atomic mass is 10.2. The summed E-state index contributed by atoms with van der Waals surface area (Å²) in [5, 5.41) is 10.5. The van der Waals surface area contributed by atoms with Crippen LogP contribution in [0.15, 0.2) is 0 Å². The Hall–Kier alpha value is -1.92. The largest absolute Gasteiger partial charge is 0.464 e. The van der Waals surface area contributed by atoms with Crippen LogP contribution < -0.4 is 5.32 Å². The molecule has 1 atom stereocenters. The number of ether oxygens (including phenoxy) is 1. The van der Waals surface area contributed by atoms with Gasteiger partial charge in [-0.25, -0.2) is 9.48 Å². The van der Waals surface area contributed by atoms with Crippen molar-refractivity contribution in [3.8, 4) is 0 Å². The molecule has 1 heterocycles. The van der Waals surface area contributed by atoms with E-state index in [0.717, 1.165) is 0 Å². The Morgan fingerprint density at radius 2 is 2.00 bits per heavy atom. The first kappa shape index (κ1) is 15.1. The van der Waals surface area contributed by atoms with Crippen molar-refractivity contribution >= 4 is 11.9 Å². The van der Waals surface area contributed by atoms with Crippen molar-refractivity contribution in [2.45, 2.75) is 46.2 Å². The van der Waals surface area contributed by atoms with Gasteiger partial charge in [-0.2, -0.15) is 0 Å². The summed E-state index contributed by atoms with van der Waals surface area (Å²) in [6.45, 7) is 7.35. The monoisotopic (exact) mass is 268 g/mol. The fourth-order valence-electron chi connectivity index (χ4n) is 1.73. The summed E-state index contributed by atoms with van der Waals surface area (Å²) in [6.07, 6.45) is 0.538. The molecule has 0 saturated carbocycles. The van der Waals surface area contributed by atoms with E-state index in [1.54, 1.807) is 6.92 Å². The van der Waals surface area contributed by atoms with Gasteiger partial charge in [0.05, 0.1) is 12.8 Å². The second kappa shape index (κ2) is 6.31. The number of rotatable bonds is 5. The fraction of sp³-hybridized carbons (Fsp3) is 0.667. The Balaban J connectivity index is 3.04. The van der Waals surface area contributed by atoms with Crippen LogP contribution in [0.1, 0.15) is 49.9 Å². The molecule has 1 aromatic rings. The highest BCUT2D eigenvalue weighted by Gasteiger charge is 2.25. The number of esters is 1. The molecule has 106 valence electrons. The first-order valence-electron chi connectivity index (χ1n) is 6.25. The summed E-state index contributed by atoms with van der Waals surface area (Å²) in [6, 6.07) is -0.480. The first-order chi connectivity index (χ1) is 8.92. The van der Waals surface area contributed by atoms with Gasteiger partial charge in [0.25, 0.3) is 0 Å². The molecule has 0 aliphatic heterocycles. The van der Waals surface area contributed by atoms with Gasteiger partial charge in [0.15, 0.2) is 5.69 Å². The molecule has 0 bridgehead atoms. The second-order valence-electron chi connectivity index (χ2n) is 4.51. The highest BCUT2D eigenvalue weighted by molar-refractivity contribution is 5.88. The average Bonchev–Trinajstić information content (AvgIpc) is 2.79. The molecule has 1 aromatic heterocycles. The van der Waals surface area contributed by atoms with Gasteiger partial charge in [-0.05, 0) is 27.2 Å². The average molecular weight is 268 g/mol. The van der Waals surface area contributed by atoms with Gasteiger partial charge in [-0.15, -0.1) is 5.10 Å². The maximum absolute atomic E-state index is 12.0. The van der Waals surface area contributed by atoms with Crippen LogP contribution in [0.25, 0.3) is 0 Å². The molecule has 0 radical (unpaired) electrons.